The zero-order valence-electron chi connectivity index (χ0n) is 13.8. The van der Waals surface area contributed by atoms with E-state index in [-0.39, 0.29) is 23.7 Å². The minimum Gasteiger partial charge on any atom is -0.324 e. The lowest BCUT2D eigenvalue weighted by atomic mass is 10.1. The molecule has 1 atom stereocenters. The maximum absolute atomic E-state index is 12.3. The van der Waals surface area contributed by atoms with Gasteiger partial charge in [-0.15, -0.1) is 0 Å². The fraction of sp³-hybridized carbons (Fsp3) is 0.529. The number of carbonyl (C=O) groups is 2. The summed E-state index contributed by atoms with van der Waals surface area (Å²) in [4.78, 5) is 29.3. The molecule has 0 aromatic heterocycles. The van der Waals surface area contributed by atoms with Crippen molar-refractivity contribution < 1.29 is 14.4 Å². The molecule has 0 aliphatic carbocycles. The van der Waals surface area contributed by atoms with Crippen molar-refractivity contribution in [3.63, 3.8) is 0 Å². The van der Waals surface area contributed by atoms with Crippen molar-refractivity contribution in [1.82, 2.24) is 5.48 Å². The quantitative estimate of drug-likeness (QED) is 0.725. The monoisotopic (exact) mass is 306 g/mol. The van der Waals surface area contributed by atoms with E-state index >= 15 is 0 Å². The van der Waals surface area contributed by atoms with Gasteiger partial charge in [0.25, 0.3) is 5.91 Å². The highest BCUT2D eigenvalue weighted by molar-refractivity contribution is 5.94. The summed E-state index contributed by atoms with van der Waals surface area (Å²) < 4.78 is 0. The Bertz CT molecular complexity index is 472. The summed E-state index contributed by atoms with van der Waals surface area (Å²) in [5, 5.41) is 2.80. The van der Waals surface area contributed by atoms with Crippen molar-refractivity contribution in [1.29, 1.82) is 0 Å². The summed E-state index contributed by atoms with van der Waals surface area (Å²) in [5.74, 6) is 0.0415. The molecule has 1 rings (SSSR count). The van der Waals surface area contributed by atoms with E-state index in [4.69, 9.17) is 4.84 Å². The second kappa shape index (κ2) is 9.20. The molecule has 0 unspecified atom stereocenters. The first-order valence-corrected chi connectivity index (χ1v) is 7.69. The van der Waals surface area contributed by atoms with Crippen LogP contribution in [0.25, 0.3) is 0 Å². The number of hydrogen-bond donors (Lipinski definition) is 2. The molecule has 0 fully saturated rings. The maximum Gasteiger partial charge on any atom is 0.256 e. The van der Waals surface area contributed by atoms with Crippen LogP contribution < -0.4 is 10.8 Å². The second-order valence-corrected chi connectivity index (χ2v) is 6.21. The van der Waals surface area contributed by atoms with Gasteiger partial charge in [0.15, 0.2) is 6.10 Å². The molecule has 1 aromatic rings. The normalized spacial score (nSPS) is 12.3. The van der Waals surface area contributed by atoms with Crippen LogP contribution >= 0.6 is 0 Å². The first kappa shape index (κ1) is 18.2. The van der Waals surface area contributed by atoms with E-state index in [1.54, 1.807) is 0 Å². The summed E-state index contributed by atoms with van der Waals surface area (Å²) in [6.07, 6.45) is 0.186. The average Bonchev–Trinajstić information content (AvgIpc) is 2.43. The van der Waals surface area contributed by atoms with E-state index in [1.165, 1.54) is 0 Å². The van der Waals surface area contributed by atoms with E-state index in [1.807, 2.05) is 58.0 Å². The topological polar surface area (TPSA) is 67.4 Å². The Morgan fingerprint density at radius 2 is 1.68 bits per heavy atom. The van der Waals surface area contributed by atoms with Crippen LogP contribution in [0.4, 0.5) is 5.69 Å². The van der Waals surface area contributed by atoms with E-state index in [2.05, 4.69) is 10.8 Å². The molecule has 2 N–H and O–H groups in total. The summed E-state index contributed by atoms with van der Waals surface area (Å²) in [6.45, 7) is 7.91. The first-order chi connectivity index (χ1) is 10.4. The number of rotatable bonds is 8. The lowest BCUT2D eigenvalue weighted by molar-refractivity contribution is -0.147. The van der Waals surface area contributed by atoms with Gasteiger partial charge in [-0.05, 0) is 30.4 Å². The zero-order chi connectivity index (χ0) is 16.5. The van der Waals surface area contributed by atoms with Crippen LogP contribution in [0.1, 0.15) is 40.5 Å². The molecule has 5 heteroatoms. The molecule has 22 heavy (non-hydrogen) atoms. The Balaban J connectivity index is 2.59. The molecule has 2 amide bonds. The fourth-order valence-corrected chi connectivity index (χ4v) is 1.93. The SMILES string of the molecule is CC(C)CC(=O)NO[C@H](CC(C)C)C(=O)Nc1ccccc1. The smallest absolute Gasteiger partial charge is 0.256 e. The van der Waals surface area contributed by atoms with Crippen LogP contribution in [-0.2, 0) is 14.4 Å². The van der Waals surface area contributed by atoms with Gasteiger partial charge in [-0.25, -0.2) is 5.48 Å². The molecule has 0 spiro atoms. The number of para-hydroxylation sites is 1. The van der Waals surface area contributed by atoms with Crippen LogP contribution in [0.5, 0.6) is 0 Å². The maximum atomic E-state index is 12.3. The van der Waals surface area contributed by atoms with Crippen molar-refractivity contribution in [3.8, 4) is 0 Å². The number of carbonyl (C=O) groups excluding carboxylic acids is 2. The van der Waals surface area contributed by atoms with Crippen molar-refractivity contribution >= 4 is 17.5 Å². The molecule has 122 valence electrons. The molecule has 0 saturated carbocycles. The van der Waals surface area contributed by atoms with Crippen LogP contribution in [-0.4, -0.2) is 17.9 Å². The summed E-state index contributed by atoms with van der Waals surface area (Å²) in [7, 11) is 0. The lowest BCUT2D eigenvalue weighted by Gasteiger charge is -2.19. The van der Waals surface area contributed by atoms with Gasteiger partial charge in [-0.2, -0.15) is 0 Å². The number of nitrogens with one attached hydrogen (secondary N) is 2. The van der Waals surface area contributed by atoms with E-state index < -0.39 is 6.10 Å². The number of amides is 2. The summed E-state index contributed by atoms with van der Waals surface area (Å²) >= 11 is 0. The third-order valence-electron chi connectivity index (χ3n) is 2.93. The Morgan fingerprint density at radius 3 is 2.23 bits per heavy atom. The molecule has 0 aliphatic rings. The minimum atomic E-state index is -0.712. The van der Waals surface area contributed by atoms with E-state index in [0.29, 0.717) is 18.5 Å². The van der Waals surface area contributed by atoms with Gasteiger partial charge >= 0.3 is 0 Å². The highest BCUT2D eigenvalue weighted by atomic mass is 16.7. The van der Waals surface area contributed by atoms with Crippen LogP contribution in [0, 0.1) is 11.8 Å². The third-order valence-corrected chi connectivity index (χ3v) is 2.93. The van der Waals surface area contributed by atoms with Gasteiger partial charge < -0.3 is 5.32 Å². The minimum absolute atomic E-state index is 0.212. The fourth-order valence-electron chi connectivity index (χ4n) is 1.93. The van der Waals surface area contributed by atoms with Gasteiger partial charge in [0.1, 0.15) is 0 Å². The Kier molecular flexibility index (Phi) is 7.60. The Hall–Kier alpha value is -1.88. The van der Waals surface area contributed by atoms with E-state index in [9.17, 15) is 9.59 Å². The van der Waals surface area contributed by atoms with Gasteiger partial charge in [-0.1, -0.05) is 45.9 Å². The predicted octanol–water partition coefficient (Wildman–Crippen LogP) is 3.13. The zero-order valence-corrected chi connectivity index (χ0v) is 13.8. The molecule has 0 radical (unpaired) electrons. The van der Waals surface area contributed by atoms with Gasteiger partial charge in [-0.3, -0.25) is 14.4 Å². The molecular formula is C17H26N2O3. The summed E-state index contributed by atoms with van der Waals surface area (Å²) in [6, 6.07) is 9.18. The molecule has 1 aromatic carbocycles. The number of hydroxylamine groups is 1. The summed E-state index contributed by atoms with van der Waals surface area (Å²) in [5.41, 5.74) is 3.09. The second-order valence-electron chi connectivity index (χ2n) is 6.21. The van der Waals surface area contributed by atoms with Crippen LogP contribution in [0.3, 0.4) is 0 Å². The molecule has 0 bridgehead atoms. The Labute approximate surface area is 132 Å². The number of benzene rings is 1. The van der Waals surface area contributed by atoms with Crippen LogP contribution in [0.15, 0.2) is 30.3 Å². The van der Waals surface area contributed by atoms with Gasteiger partial charge in [0.2, 0.25) is 5.91 Å². The largest absolute Gasteiger partial charge is 0.324 e. The molecular weight excluding hydrogens is 280 g/mol. The lowest BCUT2D eigenvalue weighted by Crippen LogP contribution is -2.38. The number of hydrogen-bond acceptors (Lipinski definition) is 3. The molecule has 0 saturated heterocycles. The first-order valence-electron chi connectivity index (χ1n) is 7.69. The molecule has 5 nitrogen and oxygen atoms in total. The number of anilines is 1. The van der Waals surface area contributed by atoms with Crippen molar-refractivity contribution in [2.24, 2.45) is 11.8 Å². The average molecular weight is 306 g/mol. The van der Waals surface area contributed by atoms with E-state index in [0.717, 1.165) is 0 Å². The van der Waals surface area contributed by atoms with Crippen molar-refractivity contribution in [2.45, 2.75) is 46.6 Å². The Morgan fingerprint density at radius 1 is 1.05 bits per heavy atom. The highest BCUT2D eigenvalue weighted by Gasteiger charge is 2.22. The molecule has 0 heterocycles. The van der Waals surface area contributed by atoms with Gasteiger partial charge in [0, 0.05) is 12.1 Å². The predicted molar refractivity (Wildman–Crippen MR) is 87.0 cm³/mol. The van der Waals surface area contributed by atoms with Crippen molar-refractivity contribution in [3.05, 3.63) is 30.3 Å². The standard InChI is InChI=1S/C17H26N2O3/c1-12(2)10-15(22-19-16(20)11-13(3)4)17(21)18-14-8-6-5-7-9-14/h5-9,12-13,15H,10-11H2,1-4H3,(H,18,21)(H,19,20)/t15-/m1/s1. The van der Waals surface area contributed by atoms with Crippen molar-refractivity contribution in [2.75, 3.05) is 5.32 Å². The van der Waals surface area contributed by atoms with Gasteiger partial charge in [0.05, 0.1) is 0 Å². The molecule has 0 aliphatic heterocycles. The highest BCUT2D eigenvalue weighted by Crippen LogP contribution is 2.12. The third kappa shape index (κ3) is 7.22. The van der Waals surface area contributed by atoms with Crippen LogP contribution in [0.2, 0.25) is 0 Å².